The van der Waals surface area contributed by atoms with Crippen LogP contribution in [0.4, 0.5) is 0 Å². The average molecular weight is 365 g/mol. The summed E-state index contributed by atoms with van der Waals surface area (Å²) in [7, 11) is 1.84. The molecule has 2 atom stereocenters. The van der Waals surface area contributed by atoms with Crippen molar-refractivity contribution in [2.75, 3.05) is 39.8 Å². The highest BCUT2D eigenvalue weighted by Gasteiger charge is 2.29. The molecule has 2 unspecified atom stereocenters. The van der Waals surface area contributed by atoms with Crippen LogP contribution >= 0.6 is 11.3 Å². The van der Waals surface area contributed by atoms with Crippen LogP contribution < -0.4 is 10.6 Å². The summed E-state index contributed by atoms with van der Waals surface area (Å²) in [6, 6.07) is 4.39. The molecule has 3 heterocycles. The molecule has 0 bridgehead atoms. The molecule has 0 radical (unpaired) electrons. The lowest BCUT2D eigenvalue weighted by atomic mass is 9.98. The second kappa shape index (κ2) is 9.01. The normalized spacial score (nSPS) is 28.2. The van der Waals surface area contributed by atoms with E-state index in [0.29, 0.717) is 5.92 Å². The predicted octanol–water partition coefficient (Wildman–Crippen LogP) is 2.69. The van der Waals surface area contributed by atoms with Gasteiger partial charge in [-0.3, -0.25) is 9.89 Å². The molecular weight excluding hydrogens is 332 g/mol. The summed E-state index contributed by atoms with van der Waals surface area (Å²) in [4.78, 5) is 8.43. The predicted molar refractivity (Wildman–Crippen MR) is 105 cm³/mol. The fourth-order valence-corrected chi connectivity index (χ4v) is 4.54. The maximum absolute atomic E-state index is 5.84. The Kier molecular flexibility index (Phi) is 6.73. The third-order valence-electron chi connectivity index (χ3n) is 5.27. The molecule has 140 valence electrons. The minimum Gasteiger partial charge on any atom is -0.373 e. The standard InChI is InChI=1S/C19H32N4OS/c1-19(8-5-10-24-19)15-22-18(20-2)21-12-16-6-3-9-23(13-16)14-17-7-4-11-25-17/h4,7,11,16H,3,5-6,8-10,12-15H2,1-2H3,(H2,20,21,22). The molecule has 3 rings (SSSR count). The molecule has 5 nitrogen and oxygen atoms in total. The summed E-state index contributed by atoms with van der Waals surface area (Å²) < 4.78 is 5.84. The Morgan fingerprint density at radius 1 is 1.44 bits per heavy atom. The van der Waals surface area contributed by atoms with Crippen molar-refractivity contribution in [3.05, 3.63) is 22.4 Å². The van der Waals surface area contributed by atoms with Crippen molar-refractivity contribution in [1.29, 1.82) is 0 Å². The van der Waals surface area contributed by atoms with E-state index in [4.69, 9.17) is 4.74 Å². The van der Waals surface area contributed by atoms with E-state index in [9.17, 15) is 0 Å². The van der Waals surface area contributed by atoms with Gasteiger partial charge in [0.1, 0.15) is 0 Å². The van der Waals surface area contributed by atoms with Gasteiger partial charge in [0.25, 0.3) is 0 Å². The van der Waals surface area contributed by atoms with Crippen LogP contribution in [0.1, 0.15) is 37.5 Å². The molecule has 1 aromatic rings. The largest absolute Gasteiger partial charge is 0.373 e. The monoisotopic (exact) mass is 364 g/mol. The number of thiophene rings is 1. The van der Waals surface area contributed by atoms with Gasteiger partial charge in [0.15, 0.2) is 5.96 Å². The number of aliphatic imine (C=N–C) groups is 1. The summed E-state index contributed by atoms with van der Waals surface area (Å²) in [5, 5.41) is 9.13. The minimum atomic E-state index is -0.0417. The summed E-state index contributed by atoms with van der Waals surface area (Å²) in [5.74, 6) is 1.58. The summed E-state index contributed by atoms with van der Waals surface area (Å²) >= 11 is 1.86. The summed E-state index contributed by atoms with van der Waals surface area (Å²) in [6.45, 7) is 8.35. The van der Waals surface area contributed by atoms with E-state index >= 15 is 0 Å². The van der Waals surface area contributed by atoms with E-state index in [2.05, 4.69) is 45.0 Å². The molecule has 0 spiro atoms. The van der Waals surface area contributed by atoms with Gasteiger partial charge < -0.3 is 15.4 Å². The molecule has 2 N–H and O–H groups in total. The van der Waals surface area contributed by atoms with Crippen molar-refractivity contribution in [3.8, 4) is 0 Å². The van der Waals surface area contributed by atoms with Crippen LogP contribution in [-0.4, -0.2) is 56.3 Å². The number of guanidine groups is 1. The Balaban J connectivity index is 1.40. The van der Waals surface area contributed by atoms with Crippen molar-refractivity contribution >= 4 is 17.3 Å². The molecule has 2 aliphatic rings. The van der Waals surface area contributed by atoms with Crippen LogP contribution in [0, 0.1) is 5.92 Å². The number of nitrogens with zero attached hydrogens (tertiary/aromatic N) is 2. The van der Waals surface area contributed by atoms with Crippen molar-refractivity contribution in [2.45, 2.75) is 44.8 Å². The Hall–Kier alpha value is -1.11. The van der Waals surface area contributed by atoms with Crippen molar-refractivity contribution < 1.29 is 4.74 Å². The zero-order valence-electron chi connectivity index (χ0n) is 15.6. The second-order valence-electron chi connectivity index (χ2n) is 7.53. The maximum atomic E-state index is 5.84. The topological polar surface area (TPSA) is 48.9 Å². The Morgan fingerprint density at radius 3 is 3.08 bits per heavy atom. The first-order valence-electron chi connectivity index (χ1n) is 9.50. The van der Waals surface area contributed by atoms with Crippen LogP contribution in [0.2, 0.25) is 0 Å². The molecule has 1 aromatic heterocycles. The first-order chi connectivity index (χ1) is 12.2. The van der Waals surface area contributed by atoms with Gasteiger partial charge in [-0.2, -0.15) is 0 Å². The van der Waals surface area contributed by atoms with Crippen LogP contribution in [0.15, 0.2) is 22.5 Å². The number of likely N-dealkylation sites (tertiary alicyclic amines) is 1. The lowest BCUT2D eigenvalue weighted by Crippen LogP contribution is -2.48. The highest BCUT2D eigenvalue weighted by atomic mass is 32.1. The summed E-state index contributed by atoms with van der Waals surface area (Å²) in [6.07, 6.45) is 4.87. The molecule has 0 aliphatic carbocycles. The van der Waals surface area contributed by atoms with Gasteiger partial charge in [-0.15, -0.1) is 11.3 Å². The van der Waals surface area contributed by atoms with Crippen LogP contribution in [-0.2, 0) is 11.3 Å². The van der Waals surface area contributed by atoms with E-state index in [1.807, 2.05) is 18.4 Å². The molecule has 0 aromatic carbocycles. The zero-order valence-corrected chi connectivity index (χ0v) is 16.4. The second-order valence-corrected chi connectivity index (χ2v) is 8.56. The average Bonchev–Trinajstić information content (AvgIpc) is 3.28. The van der Waals surface area contributed by atoms with Crippen LogP contribution in [0.3, 0.4) is 0 Å². The van der Waals surface area contributed by atoms with Crippen LogP contribution in [0.25, 0.3) is 0 Å². The zero-order chi connectivity index (χ0) is 17.5. The van der Waals surface area contributed by atoms with E-state index in [-0.39, 0.29) is 5.60 Å². The maximum Gasteiger partial charge on any atom is 0.191 e. The Bertz CT molecular complexity index is 540. The fourth-order valence-electron chi connectivity index (χ4n) is 3.79. The highest BCUT2D eigenvalue weighted by molar-refractivity contribution is 7.09. The first kappa shape index (κ1) is 18.7. The third-order valence-corrected chi connectivity index (χ3v) is 6.14. The van der Waals surface area contributed by atoms with Gasteiger partial charge in [-0.05, 0) is 56.5 Å². The van der Waals surface area contributed by atoms with Gasteiger partial charge in [0.2, 0.25) is 0 Å². The van der Waals surface area contributed by atoms with Gasteiger partial charge in [-0.25, -0.2) is 0 Å². The number of rotatable bonds is 6. The molecule has 25 heavy (non-hydrogen) atoms. The van der Waals surface area contributed by atoms with Crippen LogP contribution in [0.5, 0.6) is 0 Å². The quantitative estimate of drug-likeness (QED) is 0.602. The molecule has 6 heteroatoms. The highest BCUT2D eigenvalue weighted by Crippen LogP contribution is 2.24. The number of nitrogens with one attached hydrogen (secondary N) is 2. The minimum absolute atomic E-state index is 0.0417. The van der Waals surface area contributed by atoms with Gasteiger partial charge in [0.05, 0.1) is 5.60 Å². The molecule has 2 fully saturated rings. The van der Waals surface area contributed by atoms with E-state index in [0.717, 1.165) is 45.0 Å². The molecule has 0 saturated carbocycles. The molecule has 2 saturated heterocycles. The molecule has 0 amide bonds. The fraction of sp³-hybridized carbons (Fsp3) is 0.737. The lowest BCUT2D eigenvalue weighted by Gasteiger charge is -2.33. The third kappa shape index (κ3) is 5.69. The Labute approximate surface area is 155 Å². The first-order valence-corrected chi connectivity index (χ1v) is 10.4. The van der Waals surface area contributed by atoms with Gasteiger partial charge >= 0.3 is 0 Å². The van der Waals surface area contributed by atoms with Gasteiger partial charge in [-0.1, -0.05) is 6.07 Å². The van der Waals surface area contributed by atoms with E-state index in [1.165, 1.54) is 30.8 Å². The number of hydrogen-bond acceptors (Lipinski definition) is 4. The Morgan fingerprint density at radius 2 is 2.36 bits per heavy atom. The molecule has 2 aliphatic heterocycles. The molecular formula is C19H32N4OS. The number of hydrogen-bond donors (Lipinski definition) is 2. The number of piperidine rings is 1. The number of ether oxygens (including phenoxy) is 1. The smallest absolute Gasteiger partial charge is 0.191 e. The van der Waals surface area contributed by atoms with Crippen molar-refractivity contribution in [2.24, 2.45) is 10.9 Å². The summed E-state index contributed by atoms with van der Waals surface area (Å²) in [5.41, 5.74) is -0.0417. The van der Waals surface area contributed by atoms with Gasteiger partial charge in [0, 0.05) is 44.7 Å². The van der Waals surface area contributed by atoms with E-state index in [1.54, 1.807) is 0 Å². The van der Waals surface area contributed by atoms with Crippen molar-refractivity contribution in [3.63, 3.8) is 0 Å². The van der Waals surface area contributed by atoms with Crippen molar-refractivity contribution in [1.82, 2.24) is 15.5 Å². The lowest BCUT2D eigenvalue weighted by molar-refractivity contribution is 0.0242. The SMILES string of the molecule is CN=C(NCC1CCCN(Cc2cccs2)C1)NCC1(C)CCCO1. The van der Waals surface area contributed by atoms with E-state index < -0.39 is 0 Å².